The Morgan fingerprint density at radius 3 is 2.00 bits per heavy atom. The fourth-order valence-electron chi connectivity index (χ4n) is 2.15. The minimum atomic E-state index is -0.257. The second kappa shape index (κ2) is 9.06. The van der Waals surface area contributed by atoms with Gasteiger partial charge in [0, 0.05) is 5.02 Å². The Hall–Kier alpha value is -1.79. The van der Waals surface area contributed by atoms with Crippen LogP contribution in [0, 0.1) is 0 Å². The number of hydrogen-bond acceptors (Lipinski definition) is 2. The molecule has 25 heavy (non-hydrogen) atoms. The number of carbonyl (C=O) groups is 2. The molecule has 0 fully saturated rings. The fourth-order valence-corrected chi connectivity index (χ4v) is 2.79. The van der Waals surface area contributed by atoms with Gasteiger partial charge >= 0.3 is 0 Å². The summed E-state index contributed by atoms with van der Waals surface area (Å²) in [5, 5.41) is 6.72. The lowest BCUT2D eigenvalue weighted by molar-refractivity contribution is -0.862. The molecule has 0 bridgehead atoms. The molecule has 2 aromatic rings. The highest BCUT2D eigenvalue weighted by molar-refractivity contribution is 6.36. The first-order valence-electron chi connectivity index (χ1n) is 7.45. The maximum Gasteiger partial charge on any atom is 0.279 e. The van der Waals surface area contributed by atoms with Crippen LogP contribution in [-0.4, -0.2) is 32.0 Å². The molecule has 0 aromatic heterocycles. The van der Waals surface area contributed by atoms with Crippen LogP contribution in [0.2, 0.25) is 15.1 Å². The van der Waals surface area contributed by atoms with Crippen LogP contribution in [0.25, 0.3) is 0 Å². The summed E-state index contributed by atoms with van der Waals surface area (Å²) in [6.07, 6.45) is 0. The van der Waals surface area contributed by atoms with E-state index in [4.69, 9.17) is 34.8 Å². The summed E-state index contributed by atoms with van der Waals surface area (Å²) in [7, 11) is 1.75. The Morgan fingerprint density at radius 1 is 0.880 bits per heavy atom. The van der Waals surface area contributed by atoms with E-state index in [0.717, 1.165) is 0 Å². The number of anilines is 2. The molecule has 0 aliphatic heterocycles. The number of quaternary nitrogens is 1. The molecule has 132 valence electrons. The van der Waals surface area contributed by atoms with Gasteiger partial charge in [-0.05, 0) is 30.3 Å². The summed E-state index contributed by atoms with van der Waals surface area (Å²) >= 11 is 17.8. The molecule has 2 aromatic carbocycles. The van der Waals surface area contributed by atoms with Crippen LogP contribution in [-0.2, 0) is 9.59 Å². The third-order valence-corrected chi connectivity index (χ3v) is 4.16. The van der Waals surface area contributed by atoms with Gasteiger partial charge in [0.2, 0.25) is 0 Å². The molecule has 0 saturated heterocycles. The number of rotatable bonds is 6. The summed E-state index contributed by atoms with van der Waals surface area (Å²) in [6.45, 7) is 0.224. The summed E-state index contributed by atoms with van der Waals surface area (Å²) < 4.78 is 0. The number of likely N-dealkylation sites (N-methyl/N-ethyl adjacent to an activating group) is 1. The van der Waals surface area contributed by atoms with Crippen molar-refractivity contribution in [2.75, 3.05) is 30.8 Å². The average molecular weight is 402 g/mol. The van der Waals surface area contributed by atoms with Crippen LogP contribution in [0.5, 0.6) is 0 Å². The predicted octanol–water partition coefficient (Wildman–Crippen LogP) is 2.74. The Bertz CT molecular complexity index is 783. The van der Waals surface area contributed by atoms with E-state index in [1.165, 1.54) is 0 Å². The molecule has 0 aliphatic carbocycles. The van der Waals surface area contributed by atoms with Crippen molar-refractivity contribution in [3.8, 4) is 0 Å². The van der Waals surface area contributed by atoms with Gasteiger partial charge in [0.25, 0.3) is 11.8 Å². The number of amides is 2. The second-order valence-electron chi connectivity index (χ2n) is 5.51. The van der Waals surface area contributed by atoms with Crippen molar-refractivity contribution in [2.24, 2.45) is 0 Å². The zero-order chi connectivity index (χ0) is 18.4. The van der Waals surface area contributed by atoms with Gasteiger partial charge in [-0.15, -0.1) is 0 Å². The number of halogens is 3. The Morgan fingerprint density at radius 2 is 1.44 bits per heavy atom. The maximum atomic E-state index is 12.1. The van der Waals surface area contributed by atoms with Gasteiger partial charge in [0.1, 0.15) is 0 Å². The largest absolute Gasteiger partial charge is 0.322 e. The SMILES string of the molecule is C[NH+](CC(=O)Nc1ccccc1Cl)CC(=O)Nc1ccc(Cl)cc1Cl. The van der Waals surface area contributed by atoms with Crippen LogP contribution >= 0.6 is 34.8 Å². The van der Waals surface area contributed by atoms with E-state index in [1.54, 1.807) is 49.5 Å². The van der Waals surface area contributed by atoms with Gasteiger partial charge in [-0.1, -0.05) is 46.9 Å². The zero-order valence-electron chi connectivity index (χ0n) is 13.4. The van der Waals surface area contributed by atoms with E-state index in [9.17, 15) is 9.59 Å². The van der Waals surface area contributed by atoms with E-state index in [-0.39, 0.29) is 24.9 Å². The smallest absolute Gasteiger partial charge is 0.279 e. The van der Waals surface area contributed by atoms with E-state index in [2.05, 4.69) is 10.6 Å². The zero-order valence-corrected chi connectivity index (χ0v) is 15.7. The normalized spacial score (nSPS) is 11.7. The number of carbonyl (C=O) groups excluding carboxylic acids is 2. The standard InChI is InChI=1S/C17H16Cl3N3O2/c1-23(9-16(24)21-14-5-3-2-4-12(14)19)10-17(25)22-15-7-6-11(18)8-13(15)20/h2-8H,9-10H2,1H3,(H,21,24)(H,22,25)/p+1. The molecule has 0 aliphatic rings. The third kappa shape index (κ3) is 6.21. The number of benzene rings is 2. The van der Waals surface area contributed by atoms with Crippen molar-refractivity contribution in [3.63, 3.8) is 0 Å². The van der Waals surface area contributed by atoms with Gasteiger partial charge in [0.05, 0.1) is 28.5 Å². The van der Waals surface area contributed by atoms with Crippen molar-refractivity contribution in [1.82, 2.24) is 0 Å². The Labute approximate surface area is 160 Å². The summed E-state index contributed by atoms with van der Waals surface area (Å²) in [5.41, 5.74) is 1.02. The molecule has 1 atom stereocenters. The molecular weight excluding hydrogens is 385 g/mol. The van der Waals surface area contributed by atoms with E-state index in [0.29, 0.717) is 31.3 Å². The summed E-state index contributed by atoms with van der Waals surface area (Å²) in [5.74, 6) is -0.491. The van der Waals surface area contributed by atoms with Crippen LogP contribution in [0.4, 0.5) is 11.4 Å². The van der Waals surface area contributed by atoms with Gasteiger partial charge in [0.15, 0.2) is 13.1 Å². The number of hydrogen-bond donors (Lipinski definition) is 3. The summed E-state index contributed by atoms with van der Waals surface area (Å²) in [6, 6.07) is 11.8. The average Bonchev–Trinajstić information content (AvgIpc) is 2.52. The molecule has 5 nitrogen and oxygen atoms in total. The lowest BCUT2D eigenvalue weighted by Crippen LogP contribution is -3.11. The van der Waals surface area contributed by atoms with Crippen molar-refractivity contribution in [3.05, 3.63) is 57.5 Å². The molecule has 0 radical (unpaired) electrons. The first-order chi connectivity index (χ1) is 11.8. The predicted molar refractivity (Wildman–Crippen MR) is 102 cm³/mol. The number of para-hydroxylation sites is 1. The molecule has 8 heteroatoms. The van der Waals surface area contributed by atoms with Gasteiger partial charge in [-0.3, -0.25) is 9.59 Å². The molecule has 2 rings (SSSR count). The molecule has 2 amide bonds. The van der Waals surface area contributed by atoms with E-state index < -0.39 is 0 Å². The van der Waals surface area contributed by atoms with Crippen molar-refractivity contribution < 1.29 is 14.5 Å². The Kier molecular flexibility index (Phi) is 7.08. The lowest BCUT2D eigenvalue weighted by Gasteiger charge is -2.14. The minimum Gasteiger partial charge on any atom is -0.322 e. The molecule has 0 spiro atoms. The van der Waals surface area contributed by atoms with E-state index in [1.807, 2.05) is 0 Å². The molecular formula is C17H17Cl3N3O2+. The van der Waals surface area contributed by atoms with Crippen LogP contribution in [0.15, 0.2) is 42.5 Å². The molecule has 0 saturated carbocycles. The third-order valence-electron chi connectivity index (χ3n) is 3.28. The van der Waals surface area contributed by atoms with Gasteiger partial charge in [-0.25, -0.2) is 0 Å². The first-order valence-corrected chi connectivity index (χ1v) is 8.59. The second-order valence-corrected chi connectivity index (χ2v) is 6.76. The molecule has 0 heterocycles. The van der Waals surface area contributed by atoms with Crippen LogP contribution in [0.1, 0.15) is 0 Å². The fraction of sp³-hybridized carbons (Fsp3) is 0.176. The van der Waals surface area contributed by atoms with Gasteiger partial charge < -0.3 is 15.5 Å². The lowest BCUT2D eigenvalue weighted by atomic mass is 10.3. The molecule has 3 N–H and O–H groups in total. The first kappa shape index (κ1) is 19.5. The van der Waals surface area contributed by atoms with Crippen molar-refractivity contribution in [1.29, 1.82) is 0 Å². The van der Waals surface area contributed by atoms with Gasteiger partial charge in [-0.2, -0.15) is 0 Å². The highest BCUT2D eigenvalue weighted by Crippen LogP contribution is 2.25. The van der Waals surface area contributed by atoms with Crippen LogP contribution < -0.4 is 15.5 Å². The van der Waals surface area contributed by atoms with Crippen LogP contribution in [0.3, 0.4) is 0 Å². The number of nitrogens with one attached hydrogen (secondary N) is 3. The monoisotopic (exact) mass is 400 g/mol. The van der Waals surface area contributed by atoms with E-state index >= 15 is 0 Å². The Balaban J connectivity index is 1.84. The van der Waals surface area contributed by atoms with Crippen molar-refractivity contribution in [2.45, 2.75) is 0 Å². The minimum absolute atomic E-state index is 0.106. The maximum absolute atomic E-state index is 12.1. The summed E-state index contributed by atoms with van der Waals surface area (Å²) in [4.78, 5) is 24.8. The highest BCUT2D eigenvalue weighted by Gasteiger charge is 2.16. The topological polar surface area (TPSA) is 62.6 Å². The molecule has 1 unspecified atom stereocenters. The highest BCUT2D eigenvalue weighted by atomic mass is 35.5. The van der Waals surface area contributed by atoms with Crippen molar-refractivity contribution >= 4 is 58.0 Å². The quantitative estimate of drug-likeness (QED) is 0.697.